The number of hydrogen-bond acceptors (Lipinski definition) is 7. The van der Waals surface area contributed by atoms with Crippen molar-refractivity contribution in [3.8, 4) is 5.75 Å². The molecule has 0 amide bonds. The molecule has 0 unspecified atom stereocenters. The molecular weight excluding hydrogens is 302 g/mol. The van der Waals surface area contributed by atoms with Crippen LogP contribution in [0.25, 0.3) is 16.7 Å². The third kappa shape index (κ3) is 3.57. The molecule has 7 nitrogen and oxygen atoms in total. The van der Waals surface area contributed by atoms with Gasteiger partial charge in [-0.3, -0.25) is 9.59 Å². The molecule has 1 aromatic heterocycles. The molecule has 120 valence electrons. The van der Waals surface area contributed by atoms with Gasteiger partial charge in [-0.15, -0.1) is 0 Å². The smallest absolute Gasteiger partial charge is 0.336 e. The Bertz CT molecular complexity index is 865. The normalized spacial score (nSPS) is 10.2. The number of hydroxylamine groups is 1. The van der Waals surface area contributed by atoms with E-state index >= 15 is 0 Å². The van der Waals surface area contributed by atoms with Crippen molar-refractivity contribution in [2.45, 2.75) is 20.8 Å². The van der Waals surface area contributed by atoms with Gasteiger partial charge in [-0.2, -0.15) is 0 Å². The fourth-order valence-corrected chi connectivity index (χ4v) is 2.08. The van der Waals surface area contributed by atoms with Gasteiger partial charge in [0.15, 0.2) is 5.58 Å². The summed E-state index contributed by atoms with van der Waals surface area (Å²) in [7, 11) is 0. The van der Waals surface area contributed by atoms with E-state index in [2.05, 4.69) is 16.9 Å². The topological polar surface area (TPSA) is 94.8 Å². The second kappa shape index (κ2) is 6.35. The SMILES string of the molecule is C=C(NOC(C)=O)c1c(OC(C)=O)ccc2c(C)cc(=O)oc12. The highest BCUT2D eigenvalue weighted by atomic mass is 16.7. The molecule has 23 heavy (non-hydrogen) atoms. The van der Waals surface area contributed by atoms with Gasteiger partial charge in [0.1, 0.15) is 5.75 Å². The summed E-state index contributed by atoms with van der Waals surface area (Å²) >= 11 is 0. The Labute approximate surface area is 131 Å². The zero-order valence-electron chi connectivity index (χ0n) is 12.9. The number of carbonyl (C=O) groups excluding carboxylic acids is 2. The molecule has 1 heterocycles. The molecule has 2 rings (SSSR count). The van der Waals surface area contributed by atoms with E-state index in [0.717, 1.165) is 0 Å². The number of esters is 1. The summed E-state index contributed by atoms with van der Waals surface area (Å²) in [5.41, 5.74) is 2.98. The highest BCUT2D eigenvalue weighted by molar-refractivity contribution is 5.94. The van der Waals surface area contributed by atoms with Crippen LogP contribution in [-0.2, 0) is 14.4 Å². The summed E-state index contributed by atoms with van der Waals surface area (Å²) in [6, 6.07) is 4.56. The standard InChI is InChI=1S/C16H15NO6/c1-8-7-14(20)22-16-12(8)5-6-13(21-10(3)18)15(16)9(2)17-23-11(4)19/h5-7,17H,2H2,1,3-4H3. The van der Waals surface area contributed by atoms with Crippen LogP contribution in [0, 0.1) is 6.92 Å². The average molecular weight is 317 g/mol. The van der Waals surface area contributed by atoms with Gasteiger partial charge in [0.2, 0.25) is 0 Å². The molecule has 0 atom stereocenters. The summed E-state index contributed by atoms with van der Waals surface area (Å²) in [5, 5.41) is 0.640. The van der Waals surface area contributed by atoms with Gasteiger partial charge in [0, 0.05) is 25.3 Å². The molecule has 0 aliphatic carbocycles. The fraction of sp³-hybridized carbons (Fsp3) is 0.188. The maximum absolute atomic E-state index is 11.7. The Kier molecular flexibility index (Phi) is 4.49. The van der Waals surface area contributed by atoms with Crippen LogP contribution in [0.5, 0.6) is 5.75 Å². The number of aryl methyl sites for hydroxylation is 1. The number of carbonyl (C=O) groups is 2. The third-order valence-corrected chi connectivity index (χ3v) is 2.95. The molecule has 2 aromatic rings. The zero-order valence-corrected chi connectivity index (χ0v) is 12.9. The Hall–Kier alpha value is -3.09. The minimum atomic E-state index is -0.585. The van der Waals surface area contributed by atoms with Crippen molar-refractivity contribution in [2.75, 3.05) is 0 Å². The number of fused-ring (bicyclic) bond motifs is 1. The van der Waals surface area contributed by atoms with Crippen LogP contribution in [0.15, 0.2) is 34.0 Å². The van der Waals surface area contributed by atoms with Gasteiger partial charge in [0.05, 0.1) is 11.3 Å². The molecule has 0 bridgehead atoms. The van der Waals surface area contributed by atoms with E-state index in [1.54, 1.807) is 19.1 Å². The highest BCUT2D eigenvalue weighted by Crippen LogP contribution is 2.33. The van der Waals surface area contributed by atoms with Gasteiger partial charge < -0.3 is 14.0 Å². The lowest BCUT2D eigenvalue weighted by atomic mass is 10.0. The van der Waals surface area contributed by atoms with Crippen molar-refractivity contribution in [3.63, 3.8) is 0 Å². The fourth-order valence-electron chi connectivity index (χ4n) is 2.08. The molecule has 1 N–H and O–H groups in total. The number of benzene rings is 1. The van der Waals surface area contributed by atoms with Gasteiger partial charge in [-0.25, -0.2) is 10.3 Å². The summed E-state index contributed by atoms with van der Waals surface area (Å²) in [4.78, 5) is 38.6. The van der Waals surface area contributed by atoms with E-state index in [4.69, 9.17) is 9.15 Å². The minimum Gasteiger partial charge on any atom is -0.426 e. The molecule has 1 aromatic carbocycles. The summed E-state index contributed by atoms with van der Waals surface area (Å²) in [5.74, 6) is -1.01. The minimum absolute atomic E-state index is 0.107. The van der Waals surface area contributed by atoms with Crippen molar-refractivity contribution in [1.82, 2.24) is 5.48 Å². The zero-order chi connectivity index (χ0) is 17.1. The van der Waals surface area contributed by atoms with Gasteiger partial charge in [-0.05, 0) is 24.6 Å². The number of hydrogen-bond donors (Lipinski definition) is 1. The van der Waals surface area contributed by atoms with E-state index in [0.29, 0.717) is 10.9 Å². The lowest BCUT2D eigenvalue weighted by Gasteiger charge is -2.14. The largest absolute Gasteiger partial charge is 0.426 e. The van der Waals surface area contributed by atoms with Crippen LogP contribution in [0.2, 0.25) is 0 Å². The first kappa shape index (κ1) is 16.3. The predicted molar refractivity (Wildman–Crippen MR) is 82.5 cm³/mol. The van der Waals surface area contributed by atoms with Crippen LogP contribution in [0.1, 0.15) is 25.0 Å². The number of ether oxygens (including phenoxy) is 1. The van der Waals surface area contributed by atoms with Crippen molar-refractivity contribution in [3.05, 3.63) is 46.3 Å². The van der Waals surface area contributed by atoms with E-state index in [9.17, 15) is 14.4 Å². The Balaban J connectivity index is 2.68. The number of nitrogens with one attached hydrogen (secondary N) is 1. The van der Waals surface area contributed by atoms with E-state index in [1.807, 2.05) is 0 Å². The van der Waals surface area contributed by atoms with Crippen molar-refractivity contribution < 1.29 is 23.6 Å². The molecule has 0 fully saturated rings. The quantitative estimate of drug-likeness (QED) is 0.399. The lowest BCUT2D eigenvalue weighted by Crippen LogP contribution is -2.17. The molecule has 0 radical (unpaired) electrons. The molecule has 0 saturated carbocycles. The van der Waals surface area contributed by atoms with Crippen molar-refractivity contribution in [1.29, 1.82) is 0 Å². The van der Waals surface area contributed by atoms with Crippen LogP contribution < -0.4 is 15.8 Å². The summed E-state index contributed by atoms with van der Waals surface area (Å²) in [6.07, 6.45) is 0. The van der Waals surface area contributed by atoms with Crippen LogP contribution in [0.4, 0.5) is 0 Å². The van der Waals surface area contributed by atoms with Crippen molar-refractivity contribution >= 4 is 28.6 Å². The van der Waals surface area contributed by atoms with Crippen LogP contribution >= 0.6 is 0 Å². The molecule has 0 saturated heterocycles. The molecular formula is C16H15NO6. The monoisotopic (exact) mass is 317 g/mol. The molecule has 0 aliphatic heterocycles. The first-order valence-electron chi connectivity index (χ1n) is 6.68. The summed E-state index contributed by atoms with van der Waals surface area (Å²) in [6.45, 7) is 7.93. The predicted octanol–water partition coefficient (Wildman–Crippen LogP) is 2.07. The van der Waals surface area contributed by atoms with E-state index < -0.39 is 17.6 Å². The second-order valence-corrected chi connectivity index (χ2v) is 4.83. The first-order chi connectivity index (χ1) is 10.8. The van der Waals surface area contributed by atoms with Gasteiger partial charge >= 0.3 is 17.6 Å². The maximum Gasteiger partial charge on any atom is 0.336 e. The van der Waals surface area contributed by atoms with E-state index in [1.165, 1.54) is 19.9 Å². The average Bonchev–Trinajstić information content (AvgIpc) is 2.43. The van der Waals surface area contributed by atoms with Crippen molar-refractivity contribution in [2.24, 2.45) is 0 Å². The molecule has 0 aliphatic rings. The Morgan fingerprint density at radius 3 is 2.52 bits per heavy atom. The van der Waals surface area contributed by atoms with Gasteiger partial charge in [-0.1, -0.05) is 6.58 Å². The Morgan fingerprint density at radius 2 is 1.91 bits per heavy atom. The summed E-state index contributed by atoms with van der Waals surface area (Å²) < 4.78 is 10.4. The van der Waals surface area contributed by atoms with Crippen LogP contribution in [0.3, 0.4) is 0 Å². The molecule has 0 spiro atoms. The van der Waals surface area contributed by atoms with Crippen LogP contribution in [-0.4, -0.2) is 11.9 Å². The number of rotatable bonds is 4. The highest BCUT2D eigenvalue weighted by Gasteiger charge is 2.18. The Morgan fingerprint density at radius 1 is 1.22 bits per heavy atom. The maximum atomic E-state index is 11.7. The lowest BCUT2D eigenvalue weighted by molar-refractivity contribution is -0.145. The first-order valence-corrected chi connectivity index (χ1v) is 6.68. The van der Waals surface area contributed by atoms with E-state index in [-0.39, 0.29) is 22.6 Å². The molecule has 7 heteroatoms. The van der Waals surface area contributed by atoms with Gasteiger partial charge in [0.25, 0.3) is 0 Å². The third-order valence-electron chi connectivity index (χ3n) is 2.95. The second-order valence-electron chi connectivity index (χ2n) is 4.83.